The first-order valence-corrected chi connectivity index (χ1v) is 7.52. The van der Waals surface area contributed by atoms with Crippen LogP contribution < -0.4 is 0 Å². The maximum absolute atomic E-state index is 11.4. The fourth-order valence-corrected chi connectivity index (χ4v) is 2.90. The van der Waals surface area contributed by atoms with E-state index in [-0.39, 0.29) is 10.8 Å². The number of rotatable bonds is 3. The Bertz CT molecular complexity index is 1040. The number of hydrogen-bond donors (Lipinski definition) is 2. The summed E-state index contributed by atoms with van der Waals surface area (Å²) < 4.78 is 1.59. The number of nitrogens with one attached hydrogen (secondary N) is 1. The summed E-state index contributed by atoms with van der Waals surface area (Å²) in [6, 6.07) is 11.7. The van der Waals surface area contributed by atoms with Crippen molar-refractivity contribution < 1.29 is 9.90 Å². The zero-order valence-electron chi connectivity index (χ0n) is 12.3. The van der Waals surface area contributed by atoms with E-state index in [1.807, 2.05) is 36.4 Å². The van der Waals surface area contributed by atoms with Gasteiger partial charge in [0.15, 0.2) is 5.69 Å². The molecule has 4 rings (SSSR count). The second-order valence-electron chi connectivity index (χ2n) is 5.25. The number of aromatic amines is 1. The summed E-state index contributed by atoms with van der Waals surface area (Å²) >= 11 is 6.24. The molecule has 0 spiro atoms. The quantitative estimate of drug-likeness (QED) is 0.596. The Morgan fingerprint density at radius 1 is 1.17 bits per heavy atom. The molecule has 118 valence electrons. The van der Waals surface area contributed by atoms with Gasteiger partial charge in [-0.2, -0.15) is 5.10 Å². The number of H-pyrrole nitrogens is 1. The Hall–Kier alpha value is -3.12. The molecule has 0 amide bonds. The maximum Gasteiger partial charge on any atom is 0.357 e. The lowest BCUT2D eigenvalue weighted by Crippen LogP contribution is -1.96. The number of aromatic nitrogens is 4. The van der Waals surface area contributed by atoms with E-state index in [0.717, 1.165) is 22.3 Å². The highest BCUT2D eigenvalue weighted by molar-refractivity contribution is 6.32. The first kappa shape index (κ1) is 14.5. The van der Waals surface area contributed by atoms with Crippen LogP contribution in [-0.4, -0.2) is 30.7 Å². The Morgan fingerprint density at radius 2 is 1.96 bits per heavy atom. The number of halogens is 1. The van der Waals surface area contributed by atoms with Crippen molar-refractivity contribution in [2.45, 2.75) is 0 Å². The molecule has 0 bridgehead atoms. The molecule has 24 heavy (non-hydrogen) atoms. The Balaban J connectivity index is 2.07. The van der Waals surface area contributed by atoms with Gasteiger partial charge in [-0.3, -0.25) is 9.50 Å². The topological polar surface area (TPSA) is 83.3 Å². The van der Waals surface area contributed by atoms with Crippen molar-refractivity contribution in [1.29, 1.82) is 0 Å². The summed E-state index contributed by atoms with van der Waals surface area (Å²) in [4.78, 5) is 15.6. The lowest BCUT2D eigenvalue weighted by atomic mass is 10.0. The van der Waals surface area contributed by atoms with Crippen LogP contribution in [0.15, 0.2) is 55.0 Å². The summed E-state index contributed by atoms with van der Waals surface area (Å²) in [5.41, 5.74) is 3.74. The first-order valence-electron chi connectivity index (χ1n) is 7.14. The molecule has 2 N–H and O–H groups in total. The van der Waals surface area contributed by atoms with Gasteiger partial charge >= 0.3 is 5.97 Å². The lowest BCUT2D eigenvalue weighted by molar-refractivity contribution is 0.0691. The molecule has 0 saturated heterocycles. The molecule has 0 aliphatic heterocycles. The number of fused-ring (bicyclic) bond motifs is 1. The molecule has 3 heterocycles. The molecule has 0 radical (unpaired) electrons. The number of hydrogen-bond acceptors (Lipinski definition) is 3. The van der Waals surface area contributed by atoms with Gasteiger partial charge in [-0.15, -0.1) is 0 Å². The van der Waals surface area contributed by atoms with Crippen LogP contribution in [0.25, 0.3) is 27.9 Å². The van der Waals surface area contributed by atoms with E-state index in [9.17, 15) is 9.90 Å². The van der Waals surface area contributed by atoms with Crippen molar-refractivity contribution in [2.75, 3.05) is 0 Å². The zero-order chi connectivity index (χ0) is 16.7. The number of imidazole rings is 1. The zero-order valence-corrected chi connectivity index (χ0v) is 13.0. The predicted octanol–water partition coefficient (Wildman–Crippen LogP) is 3.74. The third kappa shape index (κ3) is 2.24. The minimum atomic E-state index is -1.16. The summed E-state index contributed by atoms with van der Waals surface area (Å²) in [6.45, 7) is 0. The molecule has 3 aromatic heterocycles. The minimum Gasteiger partial charge on any atom is -0.476 e. The number of pyridine rings is 1. The summed E-state index contributed by atoms with van der Waals surface area (Å²) in [5, 5.41) is 16.1. The number of benzene rings is 1. The highest BCUT2D eigenvalue weighted by atomic mass is 35.5. The van der Waals surface area contributed by atoms with Gasteiger partial charge in [-0.1, -0.05) is 41.9 Å². The van der Waals surface area contributed by atoms with Crippen LogP contribution in [0.2, 0.25) is 5.15 Å². The average Bonchev–Trinajstić information content (AvgIpc) is 3.23. The largest absolute Gasteiger partial charge is 0.476 e. The highest BCUT2D eigenvalue weighted by Gasteiger charge is 2.20. The van der Waals surface area contributed by atoms with Gasteiger partial charge in [0.2, 0.25) is 0 Å². The summed E-state index contributed by atoms with van der Waals surface area (Å²) in [6.07, 6.45) is 5.18. The van der Waals surface area contributed by atoms with Crippen LogP contribution in [0.1, 0.15) is 10.5 Å². The van der Waals surface area contributed by atoms with Crippen molar-refractivity contribution in [2.24, 2.45) is 0 Å². The predicted molar refractivity (Wildman–Crippen MR) is 90.2 cm³/mol. The molecule has 4 aromatic rings. The number of carboxylic acid groups (broad SMARTS) is 1. The van der Waals surface area contributed by atoms with Gasteiger partial charge in [0.05, 0.1) is 6.20 Å². The Labute approximate surface area is 141 Å². The fourth-order valence-electron chi connectivity index (χ4n) is 2.65. The molecule has 7 heteroatoms. The van der Waals surface area contributed by atoms with Crippen LogP contribution in [-0.2, 0) is 0 Å². The van der Waals surface area contributed by atoms with Crippen molar-refractivity contribution >= 4 is 23.2 Å². The molecule has 0 atom stereocenters. The van der Waals surface area contributed by atoms with Gasteiger partial charge in [0.25, 0.3) is 0 Å². The van der Waals surface area contributed by atoms with Gasteiger partial charge in [0.1, 0.15) is 10.8 Å². The average molecular weight is 339 g/mol. The van der Waals surface area contributed by atoms with Gasteiger partial charge in [0, 0.05) is 23.5 Å². The van der Waals surface area contributed by atoms with Gasteiger partial charge in [-0.05, 0) is 17.2 Å². The molecule has 6 nitrogen and oxygen atoms in total. The molecule has 1 aromatic carbocycles. The molecule has 0 saturated carbocycles. The van der Waals surface area contributed by atoms with E-state index >= 15 is 0 Å². The van der Waals surface area contributed by atoms with E-state index in [4.69, 9.17) is 11.6 Å². The number of nitrogens with zero attached hydrogens (tertiary/aromatic N) is 3. The molecule has 0 aliphatic carbocycles. The first-order chi connectivity index (χ1) is 11.6. The monoisotopic (exact) mass is 338 g/mol. The lowest BCUT2D eigenvalue weighted by Gasteiger charge is -2.08. The molecule has 0 aliphatic rings. The third-order valence-corrected chi connectivity index (χ3v) is 4.14. The van der Waals surface area contributed by atoms with Crippen molar-refractivity contribution in [3.8, 4) is 22.3 Å². The third-order valence-electron chi connectivity index (χ3n) is 3.78. The molecule has 0 fully saturated rings. The summed E-state index contributed by atoms with van der Waals surface area (Å²) in [5.74, 6) is -1.16. The maximum atomic E-state index is 11.4. The Kier molecular flexibility index (Phi) is 3.32. The molecular formula is C17H11ClN4O2. The normalized spacial score (nSPS) is 11.0. The number of carbonyl (C=O) groups is 1. The number of aromatic carboxylic acids is 1. The fraction of sp³-hybridized carbons (Fsp3) is 0. The summed E-state index contributed by atoms with van der Waals surface area (Å²) in [7, 11) is 0. The minimum absolute atomic E-state index is 0.0695. The van der Waals surface area contributed by atoms with Crippen molar-refractivity contribution in [3.63, 3.8) is 0 Å². The van der Waals surface area contributed by atoms with Crippen LogP contribution >= 0.6 is 11.6 Å². The van der Waals surface area contributed by atoms with Crippen LogP contribution in [0.5, 0.6) is 0 Å². The van der Waals surface area contributed by atoms with Crippen LogP contribution in [0, 0.1) is 0 Å². The molecular weight excluding hydrogens is 328 g/mol. The Morgan fingerprint density at radius 3 is 2.62 bits per heavy atom. The van der Waals surface area contributed by atoms with Gasteiger partial charge < -0.3 is 5.11 Å². The van der Waals surface area contributed by atoms with E-state index < -0.39 is 5.97 Å². The smallest absolute Gasteiger partial charge is 0.357 e. The standard InChI is InChI=1S/C17H11ClN4O2/c18-15-14(17(23)24)21-16-13(12-7-19-20-8-12)6-11(9-22(15)16)10-4-2-1-3-5-10/h1-9H,(H,19,20)(H,23,24). The van der Waals surface area contributed by atoms with E-state index in [0.29, 0.717) is 5.65 Å². The van der Waals surface area contributed by atoms with Crippen LogP contribution in [0.3, 0.4) is 0 Å². The van der Waals surface area contributed by atoms with E-state index in [2.05, 4.69) is 15.2 Å². The number of carboxylic acids is 1. The van der Waals surface area contributed by atoms with Crippen molar-refractivity contribution in [1.82, 2.24) is 19.6 Å². The van der Waals surface area contributed by atoms with E-state index in [1.165, 1.54) is 0 Å². The van der Waals surface area contributed by atoms with Crippen molar-refractivity contribution in [3.05, 3.63) is 65.8 Å². The SMILES string of the molecule is O=C(O)c1nc2c(-c3cn[nH]c3)cc(-c3ccccc3)cn2c1Cl. The second-order valence-corrected chi connectivity index (χ2v) is 5.60. The molecule has 0 unspecified atom stereocenters. The highest BCUT2D eigenvalue weighted by Crippen LogP contribution is 2.32. The van der Waals surface area contributed by atoms with E-state index in [1.54, 1.807) is 23.0 Å². The van der Waals surface area contributed by atoms with Gasteiger partial charge in [-0.25, -0.2) is 9.78 Å². The second kappa shape index (κ2) is 5.50. The van der Waals surface area contributed by atoms with Crippen LogP contribution in [0.4, 0.5) is 0 Å².